The van der Waals surface area contributed by atoms with Gasteiger partial charge in [0.05, 0.1) is 7.11 Å². The van der Waals surface area contributed by atoms with Crippen molar-refractivity contribution in [2.75, 3.05) is 18.7 Å². The molecule has 0 aliphatic carbocycles. The van der Waals surface area contributed by atoms with Gasteiger partial charge in [0.25, 0.3) is 0 Å². The van der Waals surface area contributed by atoms with Gasteiger partial charge in [0.2, 0.25) is 11.0 Å². The molecule has 6 nitrogen and oxygen atoms in total. The zero-order valence-electron chi connectivity index (χ0n) is 14.1. The van der Waals surface area contributed by atoms with Crippen LogP contribution in [0.25, 0.3) is 11.3 Å². The number of benzene rings is 2. The Balaban J connectivity index is 1.83. The van der Waals surface area contributed by atoms with Crippen molar-refractivity contribution in [2.45, 2.75) is 11.4 Å². The number of hydrogen-bond acceptors (Lipinski definition) is 7. The zero-order chi connectivity index (χ0) is 18.1. The summed E-state index contributed by atoms with van der Waals surface area (Å²) in [6.07, 6.45) is 1.50. The molecule has 1 aromatic heterocycles. The summed E-state index contributed by atoms with van der Waals surface area (Å²) >= 11 is 4.94. The fraction of sp³-hybridized carbons (Fsp3) is 0.167. The molecule has 0 saturated heterocycles. The summed E-state index contributed by atoms with van der Waals surface area (Å²) in [5, 5.41) is 12.5. The van der Waals surface area contributed by atoms with Crippen molar-refractivity contribution in [3.05, 3.63) is 52.5 Å². The summed E-state index contributed by atoms with van der Waals surface area (Å²) in [4.78, 5) is 4.52. The van der Waals surface area contributed by atoms with Crippen LogP contribution in [-0.2, 0) is 0 Å². The first-order chi connectivity index (χ1) is 12.7. The van der Waals surface area contributed by atoms with Gasteiger partial charge in [-0.2, -0.15) is 4.98 Å². The number of fused-ring (bicyclic) bond motifs is 3. The van der Waals surface area contributed by atoms with Crippen LogP contribution >= 0.6 is 27.7 Å². The minimum atomic E-state index is -0.409. The molecule has 132 valence electrons. The quantitative estimate of drug-likeness (QED) is 0.611. The monoisotopic (exact) mass is 430 g/mol. The van der Waals surface area contributed by atoms with Crippen LogP contribution < -0.4 is 14.8 Å². The molecule has 2 aromatic carbocycles. The van der Waals surface area contributed by atoms with Crippen molar-refractivity contribution in [3.8, 4) is 22.9 Å². The second-order valence-electron chi connectivity index (χ2n) is 5.56. The van der Waals surface area contributed by atoms with Crippen LogP contribution in [0.15, 0.2) is 52.1 Å². The van der Waals surface area contributed by atoms with Crippen molar-refractivity contribution in [2.24, 2.45) is 0 Å². The van der Waals surface area contributed by atoms with Crippen molar-refractivity contribution in [1.82, 2.24) is 15.2 Å². The largest absolute Gasteiger partial charge is 0.497 e. The number of aromatic nitrogens is 3. The van der Waals surface area contributed by atoms with E-state index in [-0.39, 0.29) is 0 Å². The van der Waals surface area contributed by atoms with Gasteiger partial charge < -0.3 is 14.8 Å². The maximum atomic E-state index is 6.19. The van der Waals surface area contributed by atoms with E-state index in [0.717, 1.165) is 27.0 Å². The summed E-state index contributed by atoms with van der Waals surface area (Å²) in [5.74, 6) is 1.25. The van der Waals surface area contributed by atoms with Crippen LogP contribution in [-0.4, -0.2) is 28.5 Å². The lowest BCUT2D eigenvalue weighted by atomic mass is 10.1. The SMILES string of the molecule is COc1ccc([C@@H]2Nc3ccc(Br)cc3-c3nnc(SC)nc3O2)cc1. The van der Waals surface area contributed by atoms with Crippen LogP contribution in [0.2, 0.25) is 0 Å². The van der Waals surface area contributed by atoms with Crippen LogP contribution in [0.5, 0.6) is 11.6 Å². The van der Waals surface area contributed by atoms with Crippen LogP contribution in [0.1, 0.15) is 11.8 Å². The number of hydrogen-bond donors (Lipinski definition) is 1. The highest BCUT2D eigenvalue weighted by atomic mass is 79.9. The topological polar surface area (TPSA) is 69.2 Å². The van der Waals surface area contributed by atoms with Gasteiger partial charge in [-0.05, 0) is 48.7 Å². The average Bonchev–Trinajstić information content (AvgIpc) is 2.84. The van der Waals surface area contributed by atoms with E-state index in [1.165, 1.54) is 11.8 Å². The van der Waals surface area contributed by atoms with Crippen LogP contribution in [0.4, 0.5) is 5.69 Å². The summed E-state index contributed by atoms with van der Waals surface area (Å²) < 4.78 is 12.4. The van der Waals surface area contributed by atoms with Crippen molar-refractivity contribution in [1.29, 1.82) is 0 Å². The highest BCUT2D eigenvalue weighted by molar-refractivity contribution is 9.10. The van der Waals surface area contributed by atoms with Gasteiger partial charge in [-0.1, -0.05) is 27.7 Å². The molecule has 26 heavy (non-hydrogen) atoms. The van der Waals surface area contributed by atoms with E-state index < -0.39 is 6.23 Å². The Hall–Kier alpha value is -2.32. The molecule has 1 aliphatic rings. The summed E-state index contributed by atoms with van der Waals surface area (Å²) in [6, 6.07) is 13.7. The standard InChI is InChI=1S/C18H15BrN4O2S/c1-24-12-6-3-10(4-7-12)16-20-14-8-5-11(19)9-13(14)15-17(25-16)21-18(26-2)23-22-15/h3-9,16,20H,1-2H3/t16-/m1/s1. The Bertz CT molecular complexity index is 952. The highest BCUT2D eigenvalue weighted by Crippen LogP contribution is 2.40. The second-order valence-corrected chi connectivity index (χ2v) is 7.25. The number of anilines is 1. The van der Waals surface area contributed by atoms with Gasteiger partial charge in [-0.25, -0.2) is 0 Å². The lowest BCUT2D eigenvalue weighted by molar-refractivity contribution is 0.225. The van der Waals surface area contributed by atoms with E-state index in [4.69, 9.17) is 9.47 Å². The fourth-order valence-electron chi connectivity index (χ4n) is 2.69. The van der Waals surface area contributed by atoms with Crippen LogP contribution in [0.3, 0.4) is 0 Å². The van der Waals surface area contributed by atoms with Gasteiger partial charge in [-0.3, -0.25) is 0 Å². The van der Waals surface area contributed by atoms with E-state index in [2.05, 4.69) is 36.4 Å². The van der Waals surface area contributed by atoms with E-state index in [1.54, 1.807) is 7.11 Å². The van der Waals surface area contributed by atoms with Gasteiger partial charge in [0.15, 0.2) is 11.9 Å². The third kappa shape index (κ3) is 3.22. The zero-order valence-corrected chi connectivity index (χ0v) is 16.5. The number of thioether (sulfide) groups is 1. The number of nitrogens with one attached hydrogen (secondary N) is 1. The predicted molar refractivity (Wildman–Crippen MR) is 105 cm³/mol. The first kappa shape index (κ1) is 17.1. The van der Waals surface area contributed by atoms with Gasteiger partial charge in [0, 0.05) is 21.3 Å². The smallest absolute Gasteiger partial charge is 0.247 e. The predicted octanol–water partition coefficient (Wildman–Crippen LogP) is 4.53. The molecule has 8 heteroatoms. The molecule has 0 amide bonds. The third-order valence-electron chi connectivity index (χ3n) is 3.99. The Morgan fingerprint density at radius 2 is 1.96 bits per heavy atom. The van der Waals surface area contributed by atoms with Crippen molar-refractivity contribution < 1.29 is 9.47 Å². The minimum absolute atomic E-state index is 0.409. The molecule has 3 aromatic rings. The van der Waals surface area contributed by atoms with E-state index >= 15 is 0 Å². The lowest BCUT2D eigenvalue weighted by Gasteiger charge is -2.19. The maximum absolute atomic E-state index is 6.19. The third-order valence-corrected chi connectivity index (χ3v) is 5.02. The van der Waals surface area contributed by atoms with Gasteiger partial charge in [-0.15, -0.1) is 10.2 Å². The Morgan fingerprint density at radius 1 is 1.15 bits per heavy atom. The van der Waals surface area contributed by atoms with Gasteiger partial charge in [0.1, 0.15) is 5.75 Å². The molecule has 0 fully saturated rings. The van der Waals surface area contributed by atoms with E-state index in [0.29, 0.717) is 16.7 Å². The highest BCUT2D eigenvalue weighted by Gasteiger charge is 2.26. The summed E-state index contributed by atoms with van der Waals surface area (Å²) in [6.45, 7) is 0. The second kappa shape index (κ2) is 7.13. The Morgan fingerprint density at radius 3 is 2.69 bits per heavy atom. The number of nitrogens with zero attached hydrogens (tertiary/aromatic N) is 3. The summed E-state index contributed by atoms with van der Waals surface area (Å²) in [7, 11) is 1.65. The summed E-state index contributed by atoms with van der Waals surface area (Å²) in [5.41, 5.74) is 3.36. The molecule has 0 saturated carbocycles. The lowest BCUT2D eigenvalue weighted by Crippen LogP contribution is -2.17. The van der Waals surface area contributed by atoms with Crippen molar-refractivity contribution >= 4 is 33.4 Å². The fourth-order valence-corrected chi connectivity index (χ4v) is 3.34. The molecule has 1 N–H and O–H groups in total. The average molecular weight is 431 g/mol. The molecule has 2 heterocycles. The normalized spacial score (nSPS) is 15.1. The molecule has 0 bridgehead atoms. The molecule has 0 spiro atoms. The van der Waals surface area contributed by atoms with Crippen molar-refractivity contribution in [3.63, 3.8) is 0 Å². The molecule has 4 rings (SSSR count). The number of ether oxygens (including phenoxy) is 2. The van der Waals surface area contributed by atoms with Crippen LogP contribution in [0, 0.1) is 0 Å². The minimum Gasteiger partial charge on any atom is -0.497 e. The van der Waals surface area contributed by atoms with Gasteiger partial charge >= 0.3 is 0 Å². The first-order valence-corrected chi connectivity index (χ1v) is 9.85. The number of methoxy groups -OCH3 is 1. The Labute approximate surface area is 163 Å². The number of halogens is 1. The first-order valence-electron chi connectivity index (χ1n) is 7.83. The van der Waals surface area contributed by atoms with E-state index in [1.807, 2.05) is 48.7 Å². The number of rotatable bonds is 3. The molecule has 0 unspecified atom stereocenters. The molecule has 1 atom stereocenters. The molecular formula is C18H15BrN4O2S. The van der Waals surface area contributed by atoms with E-state index in [9.17, 15) is 0 Å². The molecule has 0 radical (unpaired) electrons. The Kier molecular flexibility index (Phi) is 4.69. The maximum Gasteiger partial charge on any atom is 0.247 e. The molecular weight excluding hydrogens is 416 g/mol. The molecule has 1 aliphatic heterocycles.